The van der Waals surface area contributed by atoms with Crippen molar-refractivity contribution in [3.8, 4) is 11.1 Å². The maximum atomic E-state index is 14.3. The van der Waals surface area contributed by atoms with E-state index in [1.165, 1.54) is 11.0 Å². The first-order valence-electron chi connectivity index (χ1n) is 13.2. The molecular weight excluding hydrogens is 506 g/mol. The number of imidazole rings is 1. The van der Waals surface area contributed by atoms with E-state index in [1.54, 1.807) is 7.11 Å². The Kier molecular flexibility index (Phi) is 6.68. The third-order valence-electron chi connectivity index (χ3n) is 7.94. The molecule has 0 bridgehead atoms. The van der Waals surface area contributed by atoms with E-state index in [1.807, 2.05) is 32.0 Å². The normalized spacial score (nSPS) is 22.1. The molecule has 1 saturated carbocycles. The minimum absolute atomic E-state index is 0.130. The van der Waals surface area contributed by atoms with Crippen molar-refractivity contribution in [1.29, 1.82) is 0 Å². The second kappa shape index (κ2) is 10.2. The van der Waals surface area contributed by atoms with Crippen LogP contribution in [-0.4, -0.2) is 47.0 Å². The summed E-state index contributed by atoms with van der Waals surface area (Å²) in [7, 11) is 1.74. The number of amides is 1. The lowest BCUT2D eigenvalue weighted by atomic mass is 9.92. The Morgan fingerprint density at radius 3 is 2.51 bits per heavy atom. The Labute approximate surface area is 224 Å². The molecule has 2 aromatic heterocycles. The number of nitrogens with zero attached hydrogens (tertiary/aromatic N) is 4. The molecule has 204 valence electrons. The molecule has 1 atom stereocenters. The molecule has 2 aromatic carbocycles. The van der Waals surface area contributed by atoms with Crippen LogP contribution in [0.4, 0.5) is 14.5 Å². The number of aryl methyl sites for hydroxylation is 2. The van der Waals surface area contributed by atoms with Gasteiger partial charge in [0.25, 0.3) is 5.91 Å². The molecule has 0 spiro atoms. The predicted molar refractivity (Wildman–Crippen MR) is 140 cm³/mol. The van der Waals surface area contributed by atoms with Crippen molar-refractivity contribution in [1.82, 2.24) is 14.7 Å². The van der Waals surface area contributed by atoms with Gasteiger partial charge in [0.15, 0.2) is 11.6 Å². The van der Waals surface area contributed by atoms with Gasteiger partial charge in [0, 0.05) is 30.5 Å². The molecule has 2 fully saturated rings. The van der Waals surface area contributed by atoms with Gasteiger partial charge in [-0.1, -0.05) is 11.2 Å². The van der Waals surface area contributed by atoms with Gasteiger partial charge in [-0.15, -0.1) is 0 Å². The number of rotatable bonds is 5. The van der Waals surface area contributed by atoms with Gasteiger partial charge in [0.05, 0.1) is 29.4 Å². The molecule has 10 heteroatoms. The van der Waals surface area contributed by atoms with E-state index in [-0.39, 0.29) is 37.0 Å². The lowest BCUT2D eigenvalue weighted by molar-refractivity contribution is -0.127. The molecule has 3 heterocycles. The van der Waals surface area contributed by atoms with E-state index >= 15 is 0 Å². The Balaban J connectivity index is 1.50. The van der Waals surface area contributed by atoms with Gasteiger partial charge in [0.1, 0.15) is 24.2 Å². The summed E-state index contributed by atoms with van der Waals surface area (Å²) in [5.41, 5.74) is 4.62. The molecule has 2 aliphatic rings. The van der Waals surface area contributed by atoms with Crippen molar-refractivity contribution in [3.63, 3.8) is 0 Å². The van der Waals surface area contributed by atoms with Gasteiger partial charge in [-0.3, -0.25) is 9.69 Å². The van der Waals surface area contributed by atoms with Crippen LogP contribution in [0.1, 0.15) is 55.0 Å². The van der Waals surface area contributed by atoms with Crippen molar-refractivity contribution >= 4 is 22.6 Å². The van der Waals surface area contributed by atoms with Crippen molar-refractivity contribution in [3.05, 3.63) is 65.3 Å². The van der Waals surface area contributed by atoms with Crippen LogP contribution in [0.5, 0.6) is 0 Å². The average Bonchev–Trinajstić information content (AvgIpc) is 3.48. The smallest absolute Gasteiger partial charge is 0.253 e. The summed E-state index contributed by atoms with van der Waals surface area (Å²) in [5.74, 6) is -0.943. The van der Waals surface area contributed by atoms with Crippen LogP contribution in [-0.2, 0) is 14.3 Å². The minimum Gasteiger partial charge on any atom is -0.381 e. The molecule has 1 amide bonds. The molecule has 8 nitrogen and oxygen atoms in total. The zero-order chi connectivity index (χ0) is 27.3. The summed E-state index contributed by atoms with van der Waals surface area (Å²) in [4.78, 5) is 19.7. The van der Waals surface area contributed by atoms with E-state index in [2.05, 4.69) is 9.72 Å². The highest BCUT2D eigenvalue weighted by Crippen LogP contribution is 2.40. The summed E-state index contributed by atoms with van der Waals surface area (Å²) >= 11 is 0. The molecule has 39 heavy (non-hydrogen) atoms. The molecule has 4 aromatic rings. The lowest BCUT2D eigenvalue weighted by Gasteiger charge is -2.37. The lowest BCUT2D eigenvalue weighted by Crippen LogP contribution is -2.45. The van der Waals surface area contributed by atoms with Gasteiger partial charge < -0.3 is 18.6 Å². The monoisotopic (exact) mass is 536 g/mol. The Bertz CT molecular complexity index is 1520. The van der Waals surface area contributed by atoms with E-state index < -0.39 is 17.7 Å². The fourth-order valence-corrected chi connectivity index (χ4v) is 6.05. The predicted octanol–water partition coefficient (Wildman–Crippen LogP) is 5.82. The number of carbonyl (C=O) groups excluding carboxylic acids is 1. The maximum Gasteiger partial charge on any atom is 0.253 e. The van der Waals surface area contributed by atoms with E-state index in [9.17, 15) is 13.6 Å². The number of fused-ring (bicyclic) bond motifs is 1. The summed E-state index contributed by atoms with van der Waals surface area (Å²) in [6.07, 6.45) is 3.79. The molecule has 1 aliphatic heterocycles. The molecule has 1 aliphatic carbocycles. The van der Waals surface area contributed by atoms with Gasteiger partial charge in [-0.2, -0.15) is 0 Å². The highest BCUT2D eigenvalue weighted by atomic mass is 19.2. The first-order valence-corrected chi connectivity index (χ1v) is 13.2. The molecular formula is C29H30F2N4O4. The van der Waals surface area contributed by atoms with E-state index in [4.69, 9.17) is 19.0 Å². The van der Waals surface area contributed by atoms with Gasteiger partial charge in [0.2, 0.25) is 0 Å². The number of hydrogen-bond acceptors (Lipinski definition) is 6. The molecule has 6 rings (SSSR count). The van der Waals surface area contributed by atoms with Crippen molar-refractivity contribution in [2.45, 2.75) is 57.7 Å². The van der Waals surface area contributed by atoms with Gasteiger partial charge in [-0.05, 0) is 69.4 Å². The van der Waals surface area contributed by atoms with E-state index in [0.29, 0.717) is 5.82 Å². The number of halogens is 2. The van der Waals surface area contributed by atoms with Crippen LogP contribution in [0.15, 0.2) is 40.9 Å². The van der Waals surface area contributed by atoms with Gasteiger partial charge >= 0.3 is 0 Å². The maximum absolute atomic E-state index is 14.3. The standard InChI is InChI=1S/C29H30F2N4O4/c1-16-28(17(2)39-33-16)18-4-11-25-24(12-18)32-29(35(25)19-5-8-21(37-3)9-6-19)26-14-38-15-27(36)34(26)20-7-10-22(30)23(31)13-20/h4,7,10-13,19,21,26H,5-6,8-9,14-15H2,1-3H3/t19?,21?,26-/m1/s1. The number of aromatic nitrogens is 3. The van der Waals surface area contributed by atoms with E-state index in [0.717, 1.165) is 71.4 Å². The quantitative estimate of drug-likeness (QED) is 0.320. The largest absolute Gasteiger partial charge is 0.381 e. The molecule has 0 unspecified atom stereocenters. The van der Waals surface area contributed by atoms with Crippen LogP contribution >= 0.6 is 0 Å². The summed E-state index contributed by atoms with van der Waals surface area (Å²) in [6, 6.07) is 9.11. The van der Waals surface area contributed by atoms with Gasteiger partial charge in [-0.25, -0.2) is 13.8 Å². The Morgan fingerprint density at radius 2 is 1.82 bits per heavy atom. The topological polar surface area (TPSA) is 82.6 Å². The highest BCUT2D eigenvalue weighted by Gasteiger charge is 2.37. The van der Waals surface area contributed by atoms with Crippen molar-refractivity contribution in [2.75, 3.05) is 25.2 Å². The zero-order valence-electron chi connectivity index (χ0n) is 22.1. The fourth-order valence-electron chi connectivity index (χ4n) is 6.05. The molecule has 1 saturated heterocycles. The SMILES string of the molecule is COC1CCC(n2c([C@H]3COCC(=O)N3c3ccc(F)c(F)c3)nc3cc(-c4c(C)noc4C)ccc32)CC1. The third kappa shape index (κ3) is 4.51. The highest BCUT2D eigenvalue weighted by molar-refractivity contribution is 5.96. The summed E-state index contributed by atoms with van der Waals surface area (Å²) in [5, 5.41) is 4.09. The molecule has 0 N–H and O–H groups in total. The summed E-state index contributed by atoms with van der Waals surface area (Å²) in [6.45, 7) is 3.81. The minimum atomic E-state index is -1.01. The number of hydrogen-bond donors (Lipinski definition) is 0. The van der Waals surface area contributed by atoms with Crippen LogP contribution in [0.25, 0.3) is 22.2 Å². The van der Waals surface area contributed by atoms with Crippen LogP contribution < -0.4 is 4.90 Å². The number of carbonyl (C=O) groups is 1. The summed E-state index contributed by atoms with van der Waals surface area (Å²) < 4.78 is 46.9. The molecule has 0 radical (unpaired) electrons. The number of methoxy groups -OCH3 is 1. The first kappa shape index (κ1) is 25.6. The number of morpholine rings is 1. The average molecular weight is 537 g/mol. The first-order chi connectivity index (χ1) is 18.9. The van der Waals surface area contributed by atoms with Crippen LogP contribution in [0, 0.1) is 25.5 Å². The van der Waals surface area contributed by atoms with Crippen LogP contribution in [0.2, 0.25) is 0 Å². The number of anilines is 1. The van der Waals surface area contributed by atoms with Crippen molar-refractivity contribution < 1.29 is 27.6 Å². The Hall–Kier alpha value is -3.63. The fraction of sp³-hybridized carbons (Fsp3) is 0.414. The number of ether oxygens (including phenoxy) is 2. The second-order valence-electron chi connectivity index (χ2n) is 10.3. The third-order valence-corrected chi connectivity index (χ3v) is 7.94. The second-order valence-corrected chi connectivity index (χ2v) is 10.3. The number of benzene rings is 2. The Morgan fingerprint density at radius 1 is 1.03 bits per heavy atom. The van der Waals surface area contributed by atoms with Crippen molar-refractivity contribution in [2.24, 2.45) is 0 Å². The van der Waals surface area contributed by atoms with Crippen LogP contribution in [0.3, 0.4) is 0 Å². The zero-order valence-corrected chi connectivity index (χ0v) is 22.1.